The Balaban J connectivity index is 1.71. The van der Waals surface area contributed by atoms with Gasteiger partial charge in [-0.15, -0.1) is 0 Å². The first-order valence-electron chi connectivity index (χ1n) is 8.22. The van der Waals surface area contributed by atoms with Gasteiger partial charge in [0.05, 0.1) is 11.1 Å². The first-order valence-corrected chi connectivity index (χ1v) is 9.04. The fourth-order valence-electron chi connectivity index (χ4n) is 2.74. The van der Waals surface area contributed by atoms with E-state index in [1.165, 1.54) is 23.9 Å². The molecule has 4 nitrogen and oxygen atoms in total. The van der Waals surface area contributed by atoms with Crippen LogP contribution >= 0.6 is 11.8 Å². The lowest BCUT2D eigenvalue weighted by molar-refractivity contribution is -0.137. The van der Waals surface area contributed by atoms with Crippen molar-refractivity contribution in [2.75, 3.05) is 5.73 Å². The average molecular weight is 398 g/mol. The molecule has 0 radical (unpaired) electrons. The summed E-state index contributed by atoms with van der Waals surface area (Å²) in [6, 6.07) is 12.3. The maximum atomic E-state index is 12.7. The number of nitrogens with two attached hydrogens (primary N) is 1. The molecule has 0 fully saturated rings. The van der Waals surface area contributed by atoms with Gasteiger partial charge in [-0.25, -0.2) is 4.98 Å². The normalized spacial score (nSPS) is 11.7. The summed E-state index contributed by atoms with van der Waals surface area (Å²) in [5.41, 5.74) is 8.15. The highest BCUT2D eigenvalue weighted by molar-refractivity contribution is 7.99. The summed E-state index contributed by atoms with van der Waals surface area (Å²) < 4.78 is 38.2. The lowest BCUT2D eigenvalue weighted by Crippen LogP contribution is -2.03. The Kier molecular flexibility index (Phi) is 4.64. The van der Waals surface area contributed by atoms with Gasteiger partial charge in [-0.3, -0.25) is 9.97 Å². The van der Waals surface area contributed by atoms with Crippen LogP contribution in [0.5, 0.6) is 0 Å². The smallest absolute Gasteiger partial charge is 0.398 e. The van der Waals surface area contributed by atoms with E-state index in [2.05, 4.69) is 15.0 Å². The summed E-state index contributed by atoms with van der Waals surface area (Å²) >= 11 is 1.25. The Morgan fingerprint density at radius 3 is 2.32 bits per heavy atom. The van der Waals surface area contributed by atoms with Gasteiger partial charge >= 0.3 is 6.18 Å². The van der Waals surface area contributed by atoms with Crippen LogP contribution in [0.2, 0.25) is 0 Å². The van der Waals surface area contributed by atoms with E-state index in [0.29, 0.717) is 21.3 Å². The van der Waals surface area contributed by atoms with Crippen molar-refractivity contribution in [3.8, 4) is 11.3 Å². The first kappa shape index (κ1) is 18.2. The quantitative estimate of drug-likeness (QED) is 0.498. The van der Waals surface area contributed by atoms with E-state index in [1.807, 2.05) is 18.2 Å². The minimum atomic E-state index is -4.36. The monoisotopic (exact) mass is 398 g/mol. The van der Waals surface area contributed by atoms with Gasteiger partial charge in [0.15, 0.2) is 0 Å². The SMILES string of the molecule is Nc1ccnc2ccc(-c3nccnc3Sc3ccc(C(F)(F)F)cc3)cc12. The van der Waals surface area contributed by atoms with Crippen molar-refractivity contribution in [2.45, 2.75) is 16.1 Å². The van der Waals surface area contributed by atoms with Crippen molar-refractivity contribution in [2.24, 2.45) is 0 Å². The van der Waals surface area contributed by atoms with Crippen LogP contribution in [0.4, 0.5) is 18.9 Å². The van der Waals surface area contributed by atoms with Crippen LogP contribution in [-0.4, -0.2) is 15.0 Å². The molecule has 0 spiro atoms. The molecule has 2 aromatic carbocycles. The lowest BCUT2D eigenvalue weighted by atomic mass is 10.1. The molecular weight excluding hydrogens is 385 g/mol. The molecule has 0 atom stereocenters. The van der Waals surface area contributed by atoms with Gasteiger partial charge in [-0.05, 0) is 42.5 Å². The number of alkyl halides is 3. The Bertz CT molecular complexity index is 1140. The van der Waals surface area contributed by atoms with Gasteiger partial charge in [0.2, 0.25) is 0 Å². The highest BCUT2D eigenvalue weighted by Gasteiger charge is 2.30. The summed E-state index contributed by atoms with van der Waals surface area (Å²) in [6.07, 6.45) is 0.404. The number of nitrogens with zero attached hydrogens (tertiary/aromatic N) is 3. The van der Waals surface area contributed by atoms with Crippen LogP contribution in [0.3, 0.4) is 0 Å². The molecule has 0 bridgehead atoms. The Morgan fingerprint density at radius 2 is 1.57 bits per heavy atom. The van der Waals surface area contributed by atoms with Crippen molar-refractivity contribution < 1.29 is 13.2 Å². The molecule has 4 aromatic rings. The third-order valence-corrected chi connectivity index (χ3v) is 5.11. The molecule has 2 heterocycles. The number of nitrogen functional groups attached to an aromatic ring is 1. The minimum Gasteiger partial charge on any atom is -0.398 e. The molecular formula is C20H13F3N4S. The number of fused-ring (bicyclic) bond motifs is 1. The van der Waals surface area contributed by atoms with E-state index in [9.17, 15) is 13.2 Å². The number of halogens is 3. The maximum absolute atomic E-state index is 12.7. The predicted octanol–water partition coefficient (Wildman–Crippen LogP) is 5.44. The summed E-state index contributed by atoms with van der Waals surface area (Å²) in [4.78, 5) is 13.7. The van der Waals surface area contributed by atoms with Gasteiger partial charge in [0.1, 0.15) is 10.7 Å². The van der Waals surface area contributed by atoms with Gasteiger partial charge in [-0.2, -0.15) is 13.2 Å². The van der Waals surface area contributed by atoms with Gasteiger partial charge in [-0.1, -0.05) is 17.8 Å². The standard InChI is InChI=1S/C20H13F3N4S/c21-20(22,23)13-2-4-14(5-3-13)28-19-18(26-9-10-27-19)12-1-6-17-15(11-12)16(24)7-8-25-17/h1-11H,(H2,24,25). The predicted molar refractivity (Wildman–Crippen MR) is 103 cm³/mol. The molecule has 0 unspecified atom stereocenters. The first-order chi connectivity index (χ1) is 13.4. The summed E-state index contributed by atoms with van der Waals surface area (Å²) in [6.45, 7) is 0. The van der Waals surface area contributed by atoms with Crippen LogP contribution < -0.4 is 5.73 Å². The summed E-state index contributed by atoms with van der Waals surface area (Å²) in [5, 5.41) is 1.39. The van der Waals surface area contributed by atoms with Crippen molar-refractivity contribution >= 4 is 28.4 Å². The molecule has 0 aliphatic carbocycles. The number of pyridine rings is 1. The zero-order valence-electron chi connectivity index (χ0n) is 14.3. The van der Waals surface area contributed by atoms with Crippen molar-refractivity contribution in [1.82, 2.24) is 15.0 Å². The second-order valence-electron chi connectivity index (χ2n) is 5.97. The maximum Gasteiger partial charge on any atom is 0.416 e. The van der Waals surface area contributed by atoms with E-state index in [-0.39, 0.29) is 0 Å². The van der Waals surface area contributed by atoms with E-state index in [0.717, 1.165) is 28.6 Å². The summed E-state index contributed by atoms with van der Waals surface area (Å²) in [7, 11) is 0. The zero-order valence-corrected chi connectivity index (χ0v) is 15.1. The number of anilines is 1. The number of benzene rings is 2. The molecule has 140 valence electrons. The fraction of sp³-hybridized carbons (Fsp3) is 0.0500. The van der Waals surface area contributed by atoms with Gasteiger partial charge in [0, 0.05) is 40.1 Å². The number of rotatable bonds is 3. The van der Waals surface area contributed by atoms with E-state index >= 15 is 0 Å². The van der Waals surface area contributed by atoms with Crippen molar-refractivity contribution in [3.63, 3.8) is 0 Å². The third-order valence-electron chi connectivity index (χ3n) is 4.11. The molecule has 2 N–H and O–H groups in total. The van der Waals surface area contributed by atoms with Crippen molar-refractivity contribution in [1.29, 1.82) is 0 Å². The molecule has 8 heteroatoms. The molecule has 4 rings (SSSR count). The van der Waals surface area contributed by atoms with E-state index in [4.69, 9.17) is 5.73 Å². The second-order valence-corrected chi connectivity index (χ2v) is 7.03. The molecule has 0 amide bonds. The number of hydrogen-bond acceptors (Lipinski definition) is 5. The van der Waals surface area contributed by atoms with Gasteiger partial charge in [0.25, 0.3) is 0 Å². The van der Waals surface area contributed by atoms with Gasteiger partial charge < -0.3 is 5.73 Å². The van der Waals surface area contributed by atoms with Crippen LogP contribution in [0.15, 0.2) is 77.0 Å². The fourth-order valence-corrected chi connectivity index (χ4v) is 3.61. The number of hydrogen-bond donors (Lipinski definition) is 1. The molecule has 2 aromatic heterocycles. The highest BCUT2D eigenvalue weighted by atomic mass is 32.2. The summed E-state index contributed by atoms with van der Waals surface area (Å²) in [5.74, 6) is 0. The van der Waals surface area contributed by atoms with E-state index < -0.39 is 11.7 Å². The molecule has 0 aliphatic rings. The zero-order chi connectivity index (χ0) is 19.7. The van der Waals surface area contributed by atoms with Crippen LogP contribution in [0.25, 0.3) is 22.2 Å². The molecule has 0 saturated carbocycles. The molecule has 0 saturated heterocycles. The highest BCUT2D eigenvalue weighted by Crippen LogP contribution is 2.36. The van der Waals surface area contributed by atoms with Crippen LogP contribution in [0.1, 0.15) is 5.56 Å². The van der Waals surface area contributed by atoms with Crippen LogP contribution in [-0.2, 0) is 6.18 Å². The molecule has 28 heavy (non-hydrogen) atoms. The lowest BCUT2D eigenvalue weighted by Gasteiger charge is -2.10. The average Bonchev–Trinajstić information content (AvgIpc) is 2.68. The Labute approximate surface area is 162 Å². The van der Waals surface area contributed by atoms with Crippen LogP contribution in [0, 0.1) is 0 Å². The number of aromatic nitrogens is 3. The largest absolute Gasteiger partial charge is 0.416 e. The van der Waals surface area contributed by atoms with Crippen molar-refractivity contribution in [3.05, 3.63) is 72.7 Å². The Morgan fingerprint density at radius 1 is 0.821 bits per heavy atom. The third kappa shape index (κ3) is 3.63. The topological polar surface area (TPSA) is 64.7 Å². The van der Waals surface area contributed by atoms with E-state index in [1.54, 1.807) is 24.7 Å². The molecule has 0 aliphatic heterocycles. The second kappa shape index (κ2) is 7.12. The Hall–Kier alpha value is -3.13. The minimum absolute atomic E-state index is 0.587.